The molecule has 1 aromatic carbocycles. The van der Waals surface area contributed by atoms with E-state index in [1.165, 1.54) is 0 Å². The van der Waals surface area contributed by atoms with Gasteiger partial charge in [-0.15, -0.1) is 0 Å². The summed E-state index contributed by atoms with van der Waals surface area (Å²) in [5.41, 5.74) is 0.988. The highest BCUT2D eigenvalue weighted by Crippen LogP contribution is 2.15. The summed E-state index contributed by atoms with van der Waals surface area (Å²) in [4.78, 5) is 20.4. The van der Waals surface area contributed by atoms with Crippen LogP contribution in [0, 0.1) is 0 Å². The molecule has 21 heavy (non-hydrogen) atoms. The highest BCUT2D eigenvalue weighted by molar-refractivity contribution is 6.02. The van der Waals surface area contributed by atoms with Crippen LogP contribution in [0.4, 0.5) is 11.6 Å². The molecule has 0 unspecified atom stereocenters. The first-order valence-electron chi connectivity index (χ1n) is 6.63. The molecule has 1 heterocycles. The van der Waals surface area contributed by atoms with Gasteiger partial charge in [0.25, 0.3) is 5.91 Å². The Labute approximate surface area is 123 Å². The molecule has 2 rings (SSSR count). The molecule has 0 aliphatic rings. The molecule has 0 saturated heterocycles. The van der Waals surface area contributed by atoms with Crippen LogP contribution in [0.25, 0.3) is 0 Å². The van der Waals surface area contributed by atoms with Crippen LogP contribution < -0.4 is 15.4 Å². The number of benzene rings is 1. The van der Waals surface area contributed by atoms with E-state index >= 15 is 0 Å². The molecule has 2 N–H and O–H groups in total. The summed E-state index contributed by atoms with van der Waals surface area (Å²) in [6.45, 7) is 3.96. The second-order valence-corrected chi connectivity index (χ2v) is 4.75. The molecule has 0 bridgehead atoms. The molecule has 6 nitrogen and oxygen atoms in total. The largest absolute Gasteiger partial charge is 0.497 e. The van der Waals surface area contributed by atoms with Crippen molar-refractivity contribution in [3.05, 3.63) is 42.2 Å². The van der Waals surface area contributed by atoms with Crippen LogP contribution in [0.15, 0.2) is 36.5 Å². The van der Waals surface area contributed by atoms with Crippen LogP contribution in [0.5, 0.6) is 5.75 Å². The van der Waals surface area contributed by atoms with Gasteiger partial charge in [-0.1, -0.05) is 0 Å². The van der Waals surface area contributed by atoms with Crippen LogP contribution in [-0.4, -0.2) is 29.0 Å². The van der Waals surface area contributed by atoms with Gasteiger partial charge >= 0.3 is 0 Å². The van der Waals surface area contributed by atoms with E-state index in [0.29, 0.717) is 17.3 Å². The number of nitrogens with zero attached hydrogens (tertiary/aromatic N) is 2. The Bertz CT molecular complexity index is 611. The first-order chi connectivity index (χ1) is 10.1. The third-order valence-corrected chi connectivity index (χ3v) is 2.65. The standard InChI is InChI=1S/C15H18N4O2/c1-10(2)17-15-16-9-8-13(19-15)14(20)18-11-4-6-12(21-3)7-5-11/h4-10H,1-3H3,(H,18,20)(H,16,17,19). The zero-order chi connectivity index (χ0) is 15.2. The van der Waals surface area contributed by atoms with Crippen molar-refractivity contribution in [1.29, 1.82) is 0 Å². The van der Waals surface area contributed by atoms with E-state index in [-0.39, 0.29) is 11.9 Å². The molecule has 0 aliphatic heterocycles. The molecule has 0 saturated carbocycles. The highest BCUT2D eigenvalue weighted by Gasteiger charge is 2.09. The number of amides is 1. The number of rotatable bonds is 5. The fourth-order valence-electron chi connectivity index (χ4n) is 1.68. The summed E-state index contributed by atoms with van der Waals surface area (Å²) >= 11 is 0. The molecular weight excluding hydrogens is 268 g/mol. The lowest BCUT2D eigenvalue weighted by Crippen LogP contribution is -2.17. The quantitative estimate of drug-likeness (QED) is 0.883. The summed E-state index contributed by atoms with van der Waals surface area (Å²) in [6, 6.07) is 8.87. The van der Waals surface area contributed by atoms with Gasteiger partial charge in [0, 0.05) is 17.9 Å². The van der Waals surface area contributed by atoms with E-state index in [0.717, 1.165) is 5.75 Å². The van der Waals surface area contributed by atoms with Gasteiger partial charge in [0.2, 0.25) is 5.95 Å². The minimum atomic E-state index is -0.283. The summed E-state index contributed by atoms with van der Waals surface area (Å²) in [7, 11) is 1.59. The highest BCUT2D eigenvalue weighted by atomic mass is 16.5. The molecule has 0 aliphatic carbocycles. The van der Waals surface area contributed by atoms with Gasteiger partial charge in [-0.05, 0) is 44.2 Å². The maximum absolute atomic E-state index is 12.1. The third-order valence-electron chi connectivity index (χ3n) is 2.65. The first-order valence-corrected chi connectivity index (χ1v) is 6.63. The van der Waals surface area contributed by atoms with Crippen molar-refractivity contribution in [2.45, 2.75) is 19.9 Å². The van der Waals surface area contributed by atoms with Crippen LogP contribution in [0.2, 0.25) is 0 Å². The van der Waals surface area contributed by atoms with E-state index < -0.39 is 0 Å². The lowest BCUT2D eigenvalue weighted by molar-refractivity contribution is 0.102. The number of ether oxygens (including phenoxy) is 1. The van der Waals surface area contributed by atoms with Gasteiger partial charge in [0.15, 0.2) is 0 Å². The number of carbonyl (C=O) groups excluding carboxylic acids is 1. The predicted molar refractivity (Wildman–Crippen MR) is 81.7 cm³/mol. The van der Waals surface area contributed by atoms with Crippen LogP contribution in [0.1, 0.15) is 24.3 Å². The molecule has 0 radical (unpaired) electrons. The minimum absolute atomic E-state index is 0.199. The van der Waals surface area contributed by atoms with Crippen molar-refractivity contribution in [2.75, 3.05) is 17.7 Å². The number of aromatic nitrogens is 2. The molecule has 0 spiro atoms. The minimum Gasteiger partial charge on any atom is -0.497 e. The number of methoxy groups -OCH3 is 1. The van der Waals surface area contributed by atoms with Crippen molar-refractivity contribution in [1.82, 2.24) is 9.97 Å². The number of carbonyl (C=O) groups is 1. The van der Waals surface area contributed by atoms with Gasteiger partial charge in [-0.3, -0.25) is 4.79 Å². The summed E-state index contributed by atoms with van der Waals surface area (Å²) in [6.07, 6.45) is 1.56. The number of anilines is 2. The van der Waals surface area contributed by atoms with Gasteiger partial charge in [0.1, 0.15) is 11.4 Å². The van der Waals surface area contributed by atoms with Crippen LogP contribution in [-0.2, 0) is 0 Å². The Balaban J connectivity index is 2.08. The molecule has 1 aromatic heterocycles. The Morgan fingerprint density at radius 3 is 2.52 bits per heavy atom. The Morgan fingerprint density at radius 1 is 1.19 bits per heavy atom. The Kier molecular flexibility index (Phi) is 4.71. The van der Waals surface area contributed by atoms with Crippen molar-refractivity contribution in [3.63, 3.8) is 0 Å². The fraction of sp³-hybridized carbons (Fsp3) is 0.267. The lowest BCUT2D eigenvalue weighted by atomic mass is 10.3. The molecule has 0 atom stereocenters. The van der Waals surface area contributed by atoms with Gasteiger partial charge in [-0.25, -0.2) is 9.97 Å². The Hall–Kier alpha value is -2.63. The van der Waals surface area contributed by atoms with E-state index in [9.17, 15) is 4.79 Å². The second-order valence-electron chi connectivity index (χ2n) is 4.75. The topological polar surface area (TPSA) is 76.1 Å². The SMILES string of the molecule is COc1ccc(NC(=O)c2ccnc(NC(C)C)n2)cc1. The molecule has 0 fully saturated rings. The number of hydrogen-bond donors (Lipinski definition) is 2. The van der Waals surface area contributed by atoms with Gasteiger partial charge in [-0.2, -0.15) is 0 Å². The van der Waals surface area contributed by atoms with Gasteiger partial charge in [0.05, 0.1) is 7.11 Å². The molecule has 1 amide bonds. The van der Waals surface area contributed by atoms with Crippen molar-refractivity contribution in [3.8, 4) is 5.75 Å². The van der Waals surface area contributed by atoms with Gasteiger partial charge < -0.3 is 15.4 Å². The summed E-state index contributed by atoms with van der Waals surface area (Å²) in [5, 5.41) is 5.84. The molecule has 2 aromatic rings. The number of hydrogen-bond acceptors (Lipinski definition) is 5. The zero-order valence-corrected chi connectivity index (χ0v) is 12.3. The maximum Gasteiger partial charge on any atom is 0.274 e. The second kappa shape index (κ2) is 6.69. The summed E-state index contributed by atoms with van der Waals surface area (Å²) in [5.74, 6) is 0.889. The molecule has 6 heteroatoms. The average Bonchev–Trinajstić information content (AvgIpc) is 2.47. The average molecular weight is 286 g/mol. The predicted octanol–water partition coefficient (Wildman–Crippen LogP) is 2.56. The maximum atomic E-state index is 12.1. The van der Waals surface area contributed by atoms with Crippen molar-refractivity contribution in [2.24, 2.45) is 0 Å². The smallest absolute Gasteiger partial charge is 0.274 e. The van der Waals surface area contributed by atoms with Crippen molar-refractivity contribution >= 4 is 17.5 Å². The summed E-state index contributed by atoms with van der Waals surface area (Å²) < 4.78 is 5.07. The first kappa shape index (κ1) is 14.8. The van der Waals surface area contributed by atoms with Crippen molar-refractivity contribution < 1.29 is 9.53 Å². The normalized spacial score (nSPS) is 10.3. The fourth-order valence-corrected chi connectivity index (χ4v) is 1.68. The van der Waals surface area contributed by atoms with E-state index in [1.54, 1.807) is 43.6 Å². The molecule has 110 valence electrons. The Morgan fingerprint density at radius 2 is 1.90 bits per heavy atom. The monoisotopic (exact) mass is 286 g/mol. The van der Waals surface area contributed by atoms with E-state index in [4.69, 9.17) is 4.74 Å². The van der Waals surface area contributed by atoms with Crippen LogP contribution in [0.3, 0.4) is 0 Å². The third kappa shape index (κ3) is 4.17. The van der Waals surface area contributed by atoms with Crippen LogP contribution >= 0.6 is 0 Å². The van der Waals surface area contributed by atoms with E-state index in [1.807, 2.05) is 13.8 Å². The lowest BCUT2D eigenvalue weighted by Gasteiger charge is -2.09. The van der Waals surface area contributed by atoms with E-state index in [2.05, 4.69) is 20.6 Å². The number of nitrogens with one attached hydrogen (secondary N) is 2. The molecular formula is C15H18N4O2. The zero-order valence-electron chi connectivity index (χ0n) is 12.3.